The van der Waals surface area contributed by atoms with Crippen LogP contribution in [0.15, 0.2) is 83.8 Å². The molecule has 1 N–H and O–H groups in total. The predicted molar refractivity (Wildman–Crippen MR) is 123 cm³/mol. The van der Waals surface area contributed by atoms with Crippen LogP contribution in [-0.4, -0.2) is 47.2 Å². The van der Waals surface area contributed by atoms with Gasteiger partial charge in [0.1, 0.15) is 25.0 Å². The Hall–Kier alpha value is -3.72. The van der Waals surface area contributed by atoms with Crippen molar-refractivity contribution in [2.75, 3.05) is 31.1 Å². The van der Waals surface area contributed by atoms with Gasteiger partial charge < -0.3 is 19.5 Å². The van der Waals surface area contributed by atoms with E-state index in [0.29, 0.717) is 17.2 Å². The van der Waals surface area contributed by atoms with Crippen LogP contribution in [0.2, 0.25) is 0 Å². The molecule has 3 aromatic carbocycles. The number of benzene rings is 3. The maximum absolute atomic E-state index is 13.4. The Morgan fingerprint density at radius 1 is 1.00 bits per heavy atom. The summed E-state index contributed by atoms with van der Waals surface area (Å²) in [5.74, 6) is 1.11. The fourth-order valence-electron chi connectivity index (χ4n) is 3.43. The third-order valence-electron chi connectivity index (χ3n) is 5.07. The Bertz CT molecular complexity index is 1220. The fourth-order valence-corrected chi connectivity index (χ4v) is 4.89. The lowest BCUT2D eigenvalue weighted by Crippen LogP contribution is -2.45. The van der Waals surface area contributed by atoms with E-state index in [0.717, 1.165) is 4.31 Å². The first-order valence-electron chi connectivity index (χ1n) is 10.3. The van der Waals surface area contributed by atoms with Gasteiger partial charge in [-0.15, -0.1) is 0 Å². The highest BCUT2D eigenvalue weighted by atomic mass is 32.2. The standard InChI is InChI=1S/C24H24N2O6S/c1-30-21-12-6-5-11-20(21)26(33(28,29)19-9-3-2-4-10-19)16-24(27)25-15-18-17-31-22-13-7-8-14-23(22)32-18/h2-14,18H,15-17H2,1H3,(H,25,27)/t18-/m0/s1. The van der Waals surface area contributed by atoms with Crippen LogP contribution in [0.25, 0.3) is 0 Å². The van der Waals surface area contributed by atoms with Crippen molar-refractivity contribution in [2.24, 2.45) is 0 Å². The Morgan fingerprint density at radius 3 is 2.42 bits per heavy atom. The molecule has 0 radical (unpaired) electrons. The van der Waals surface area contributed by atoms with Crippen LogP contribution in [0.5, 0.6) is 17.2 Å². The highest BCUT2D eigenvalue weighted by Crippen LogP contribution is 2.32. The SMILES string of the molecule is COc1ccccc1N(CC(=O)NC[C@H]1COc2ccccc2O1)S(=O)(=O)c1ccccc1. The first kappa shape index (κ1) is 22.5. The molecule has 1 atom stereocenters. The molecule has 0 spiro atoms. The molecule has 0 aromatic heterocycles. The highest BCUT2D eigenvalue weighted by molar-refractivity contribution is 7.92. The minimum Gasteiger partial charge on any atom is -0.495 e. The third kappa shape index (κ3) is 5.04. The van der Waals surface area contributed by atoms with Crippen LogP contribution in [0.3, 0.4) is 0 Å². The summed E-state index contributed by atoms with van der Waals surface area (Å²) in [6.07, 6.45) is -0.394. The number of methoxy groups -OCH3 is 1. The fraction of sp³-hybridized carbons (Fsp3) is 0.208. The topological polar surface area (TPSA) is 94.2 Å². The van der Waals surface area contributed by atoms with E-state index in [1.807, 2.05) is 18.2 Å². The van der Waals surface area contributed by atoms with Crippen molar-refractivity contribution in [1.82, 2.24) is 5.32 Å². The number of carbonyl (C=O) groups is 1. The Kier molecular flexibility index (Phi) is 6.69. The Morgan fingerprint density at radius 2 is 1.67 bits per heavy atom. The first-order chi connectivity index (χ1) is 16.0. The predicted octanol–water partition coefficient (Wildman–Crippen LogP) is 2.85. The van der Waals surface area contributed by atoms with Crippen LogP contribution in [-0.2, 0) is 14.8 Å². The van der Waals surface area contributed by atoms with E-state index in [4.69, 9.17) is 14.2 Å². The van der Waals surface area contributed by atoms with Crippen molar-refractivity contribution in [1.29, 1.82) is 0 Å². The Labute approximate surface area is 192 Å². The van der Waals surface area contributed by atoms with Gasteiger partial charge in [0.25, 0.3) is 10.0 Å². The van der Waals surface area contributed by atoms with E-state index in [9.17, 15) is 13.2 Å². The number of nitrogens with one attached hydrogen (secondary N) is 1. The average molecular weight is 469 g/mol. The normalized spacial score (nSPS) is 14.9. The quantitative estimate of drug-likeness (QED) is 0.546. The molecule has 1 amide bonds. The number of anilines is 1. The Balaban J connectivity index is 1.51. The van der Waals surface area contributed by atoms with Crippen molar-refractivity contribution in [3.05, 3.63) is 78.9 Å². The number of fused-ring (bicyclic) bond motifs is 1. The van der Waals surface area contributed by atoms with Crippen molar-refractivity contribution >= 4 is 21.6 Å². The summed E-state index contributed by atoms with van der Waals surface area (Å²) in [5, 5.41) is 2.75. The maximum atomic E-state index is 13.4. The number of sulfonamides is 1. The van der Waals surface area contributed by atoms with E-state index in [1.165, 1.54) is 19.2 Å². The molecular formula is C24H24N2O6S. The number of hydrogen-bond donors (Lipinski definition) is 1. The van der Waals surface area contributed by atoms with E-state index in [2.05, 4.69) is 5.32 Å². The molecule has 0 saturated heterocycles. The lowest BCUT2D eigenvalue weighted by atomic mass is 10.2. The third-order valence-corrected chi connectivity index (χ3v) is 6.84. The van der Waals surface area contributed by atoms with Gasteiger partial charge >= 0.3 is 0 Å². The van der Waals surface area contributed by atoms with Gasteiger partial charge in [-0.05, 0) is 36.4 Å². The largest absolute Gasteiger partial charge is 0.495 e. The van der Waals surface area contributed by atoms with E-state index < -0.39 is 28.6 Å². The summed E-state index contributed by atoms with van der Waals surface area (Å²) >= 11 is 0. The zero-order chi connectivity index (χ0) is 23.3. The maximum Gasteiger partial charge on any atom is 0.264 e. The van der Waals surface area contributed by atoms with Gasteiger partial charge in [0, 0.05) is 0 Å². The van der Waals surface area contributed by atoms with Gasteiger partial charge in [0.2, 0.25) is 5.91 Å². The molecule has 0 saturated carbocycles. The molecule has 0 unspecified atom stereocenters. The minimum atomic E-state index is -4.03. The molecule has 0 aliphatic carbocycles. The number of hydrogen-bond acceptors (Lipinski definition) is 6. The summed E-state index contributed by atoms with van der Waals surface area (Å²) in [6.45, 7) is 0.00983. The second-order valence-corrected chi connectivity index (χ2v) is 9.16. The molecule has 8 nitrogen and oxygen atoms in total. The van der Waals surface area contributed by atoms with Crippen LogP contribution in [0.1, 0.15) is 0 Å². The van der Waals surface area contributed by atoms with Crippen LogP contribution in [0.4, 0.5) is 5.69 Å². The van der Waals surface area contributed by atoms with Gasteiger partial charge in [-0.2, -0.15) is 0 Å². The molecule has 1 aliphatic heterocycles. The molecule has 33 heavy (non-hydrogen) atoms. The number of para-hydroxylation sites is 4. The minimum absolute atomic E-state index is 0.0735. The smallest absolute Gasteiger partial charge is 0.264 e. The molecule has 3 aromatic rings. The molecule has 1 aliphatic rings. The lowest BCUT2D eigenvalue weighted by Gasteiger charge is -2.28. The number of nitrogens with zero attached hydrogens (tertiary/aromatic N) is 1. The van der Waals surface area contributed by atoms with Crippen molar-refractivity contribution in [3.63, 3.8) is 0 Å². The van der Waals surface area contributed by atoms with Crippen LogP contribution < -0.4 is 23.8 Å². The molecule has 172 valence electrons. The number of ether oxygens (including phenoxy) is 3. The summed E-state index contributed by atoms with van der Waals surface area (Å²) in [5.41, 5.74) is 0.269. The first-order valence-corrected chi connectivity index (χ1v) is 11.8. The summed E-state index contributed by atoms with van der Waals surface area (Å²) in [7, 11) is -2.58. The monoisotopic (exact) mass is 468 g/mol. The zero-order valence-corrected chi connectivity index (χ0v) is 18.8. The summed E-state index contributed by atoms with van der Waals surface area (Å²) < 4.78 is 44.8. The second kappa shape index (κ2) is 9.83. The summed E-state index contributed by atoms with van der Waals surface area (Å²) in [4.78, 5) is 12.9. The van der Waals surface area contributed by atoms with E-state index in [1.54, 1.807) is 48.5 Å². The van der Waals surface area contributed by atoms with Gasteiger partial charge in [0.15, 0.2) is 11.5 Å². The van der Waals surface area contributed by atoms with E-state index >= 15 is 0 Å². The highest BCUT2D eigenvalue weighted by Gasteiger charge is 2.30. The van der Waals surface area contributed by atoms with E-state index in [-0.39, 0.29) is 23.7 Å². The molecule has 4 rings (SSSR count). The summed E-state index contributed by atoms with van der Waals surface area (Å²) in [6, 6.07) is 21.9. The number of amides is 1. The molecular weight excluding hydrogens is 444 g/mol. The zero-order valence-electron chi connectivity index (χ0n) is 18.0. The van der Waals surface area contributed by atoms with Crippen molar-refractivity contribution in [3.8, 4) is 17.2 Å². The van der Waals surface area contributed by atoms with Crippen molar-refractivity contribution < 1.29 is 27.4 Å². The van der Waals surface area contributed by atoms with Gasteiger partial charge in [-0.1, -0.05) is 42.5 Å². The second-order valence-electron chi connectivity index (χ2n) is 7.30. The molecule has 0 fully saturated rings. The number of carbonyl (C=O) groups excluding carboxylic acids is 1. The van der Waals surface area contributed by atoms with Crippen molar-refractivity contribution in [2.45, 2.75) is 11.0 Å². The van der Waals surface area contributed by atoms with Gasteiger partial charge in [0.05, 0.1) is 24.2 Å². The molecule has 0 bridgehead atoms. The molecule has 1 heterocycles. The van der Waals surface area contributed by atoms with Crippen LogP contribution in [0, 0.1) is 0 Å². The lowest BCUT2D eigenvalue weighted by molar-refractivity contribution is -0.120. The molecule has 9 heteroatoms. The number of rotatable bonds is 8. The average Bonchev–Trinajstić information content (AvgIpc) is 2.86. The van der Waals surface area contributed by atoms with Gasteiger partial charge in [-0.25, -0.2) is 8.42 Å². The van der Waals surface area contributed by atoms with Gasteiger partial charge in [-0.3, -0.25) is 9.10 Å². The van der Waals surface area contributed by atoms with Crippen LogP contribution >= 0.6 is 0 Å².